The smallest absolute Gasteiger partial charge is 0.309 e. The molecule has 1 fully saturated rings. The number of aliphatic hydroxyl groups excluding tert-OH is 3. The molecule has 54 heavy (non-hydrogen) atoms. The van der Waals surface area contributed by atoms with E-state index in [9.17, 15) is 35.4 Å². The van der Waals surface area contributed by atoms with Crippen LogP contribution in [0, 0.1) is 29.6 Å². The van der Waals surface area contributed by atoms with E-state index in [0.29, 0.717) is 56.0 Å². The molecule has 0 aliphatic heterocycles. The van der Waals surface area contributed by atoms with Gasteiger partial charge in [0.2, 0.25) is 0 Å². The predicted molar refractivity (Wildman–Crippen MR) is 211 cm³/mol. The van der Waals surface area contributed by atoms with Crippen molar-refractivity contribution in [1.82, 2.24) is 9.97 Å². The van der Waals surface area contributed by atoms with Crippen LogP contribution in [0.1, 0.15) is 125 Å². The van der Waals surface area contributed by atoms with Gasteiger partial charge in [-0.2, -0.15) is 0 Å². The molecule has 2 heterocycles. The Morgan fingerprint density at radius 2 is 1.74 bits per heavy atom. The Morgan fingerprint density at radius 3 is 2.46 bits per heavy atom. The van der Waals surface area contributed by atoms with Crippen molar-refractivity contribution in [2.45, 2.75) is 134 Å². The van der Waals surface area contributed by atoms with Crippen molar-refractivity contribution in [2.75, 3.05) is 5.73 Å². The second-order valence-corrected chi connectivity index (χ2v) is 16.4. The van der Waals surface area contributed by atoms with Crippen molar-refractivity contribution in [3.63, 3.8) is 0 Å². The molecule has 0 spiro atoms. The first kappa shape index (κ1) is 41.5. The van der Waals surface area contributed by atoms with Gasteiger partial charge in [-0.25, -0.2) is 4.98 Å². The minimum atomic E-state index is -1.34. The Balaban J connectivity index is 1.17. The molecule has 0 radical (unpaired) electrons. The lowest BCUT2D eigenvalue weighted by molar-refractivity contribution is -0.147. The van der Waals surface area contributed by atoms with E-state index in [4.69, 9.17) is 5.73 Å². The standard InChI is InChI=1S/C44H63N3O7/c1-2-3-5-8-29-11-14-34(40(50)25-29)9-6-4-7-10-36(43(52)53)39(49)17-19-44(54)27-32(22-31-18-20-46-41(45)26-31)23-37(44)42(51)38-24-33(28-47-38)21-30-12-15-35(48)16-13-30/h11-16,18,20,24,26,28-29,32,34,36-37,39-40,42,47-51,54H,2-10,17,19,21-23,25,27H2,1H3,(H2,45,46)(H,52,53). The van der Waals surface area contributed by atoms with E-state index in [-0.39, 0.29) is 36.5 Å². The van der Waals surface area contributed by atoms with Crippen LogP contribution in [-0.4, -0.2) is 64.4 Å². The molecule has 2 aliphatic rings. The van der Waals surface area contributed by atoms with Crippen molar-refractivity contribution in [3.05, 3.63) is 89.4 Å². The first-order valence-corrected chi connectivity index (χ1v) is 20.3. The van der Waals surface area contributed by atoms with Gasteiger partial charge in [-0.15, -0.1) is 0 Å². The first-order chi connectivity index (χ1) is 25.9. The maximum atomic E-state index is 12.3. The fraction of sp³-hybridized carbons (Fsp3) is 0.591. The first-order valence-electron chi connectivity index (χ1n) is 20.3. The van der Waals surface area contributed by atoms with Crippen molar-refractivity contribution in [3.8, 4) is 5.75 Å². The molecule has 3 aromatic rings. The summed E-state index contributed by atoms with van der Waals surface area (Å²) in [6.45, 7) is 2.20. The third kappa shape index (κ3) is 11.7. The molecule has 2 aliphatic carbocycles. The van der Waals surface area contributed by atoms with Gasteiger partial charge in [0.25, 0.3) is 0 Å². The van der Waals surface area contributed by atoms with E-state index >= 15 is 0 Å². The van der Waals surface area contributed by atoms with Crippen LogP contribution in [0.3, 0.4) is 0 Å². The minimum Gasteiger partial charge on any atom is -0.508 e. The lowest BCUT2D eigenvalue weighted by Gasteiger charge is -2.34. The molecule has 9 unspecified atom stereocenters. The Morgan fingerprint density at radius 1 is 0.963 bits per heavy atom. The average molecular weight is 746 g/mol. The summed E-state index contributed by atoms with van der Waals surface area (Å²) in [6.07, 6.45) is 17.0. The number of nitrogens with two attached hydrogens (primary N) is 1. The summed E-state index contributed by atoms with van der Waals surface area (Å²) < 4.78 is 0. The number of nitrogens with one attached hydrogen (secondary N) is 1. The van der Waals surface area contributed by atoms with Crippen LogP contribution >= 0.6 is 0 Å². The molecule has 0 amide bonds. The number of allylic oxidation sites excluding steroid dienone is 1. The number of pyridine rings is 1. The van der Waals surface area contributed by atoms with Crippen LogP contribution in [0.2, 0.25) is 0 Å². The molecular formula is C44H63N3O7. The number of H-pyrrole nitrogens is 1. The number of rotatable bonds is 21. The van der Waals surface area contributed by atoms with Crippen LogP contribution in [-0.2, 0) is 17.6 Å². The lowest BCUT2D eigenvalue weighted by atomic mass is 9.79. The van der Waals surface area contributed by atoms with Gasteiger partial charge in [-0.05, 0) is 123 Å². The highest BCUT2D eigenvalue weighted by Crippen LogP contribution is 2.49. The van der Waals surface area contributed by atoms with Gasteiger partial charge < -0.3 is 41.4 Å². The van der Waals surface area contributed by atoms with E-state index in [0.717, 1.165) is 48.8 Å². The predicted octanol–water partition coefficient (Wildman–Crippen LogP) is 7.25. The summed E-state index contributed by atoms with van der Waals surface area (Å²) in [5.41, 5.74) is 8.16. The monoisotopic (exact) mass is 745 g/mol. The van der Waals surface area contributed by atoms with E-state index in [1.807, 2.05) is 36.5 Å². The lowest BCUT2D eigenvalue weighted by Crippen LogP contribution is -2.39. The number of hydrogen-bond donors (Lipinski definition) is 8. The Hall–Kier alpha value is -3.70. The molecule has 0 bridgehead atoms. The Labute approximate surface area is 320 Å². The van der Waals surface area contributed by atoms with E-state index in [1.165, 1.54) is 19.3 Å². The molecule has 9 atom stereocenters. The van der Waals surface area contributed by atoms with Crippen molar-refractivity contribution < 1.29 is 35.4 Å². The number of carbonyl (C=O) groups is 1. The third-order valence-electron chi connectivity index (χ3n) is 12.2. The number of phenolic OH excluding ortho intramolecular Hbond substituents is 1. The van der Waals surface area contributed by atoms with Gasteiger partial charge in [-0.3, -0.25) is 4.79 Å². The van der Waals surface area contributed by atoms with Crippen LogP contribution in [0.25, 0.3) is 0 Å². The van der Waals surface area contributed by atoms with E-state index in [1.54, 1.807) is 18.3 Å². The fourth-order valence-electron chi connectivity index (χ4n) is 9.08. The molecule has 10 nitrogen and oxygen atoms in total. The van der Waals surface area contributed by atoms with Gasteiger partial charge >= 0.3 is 5.97 Å². The van der Waals surface area contributed by atoms with Gasteiger partial charge in [0, 0.05) is 29.9 Å². The Kier molecular flexibility index (Phi) is 15.2. The quantitative estimate of drug-likeness (QED) is 0.0410. The highest BCUT2D eigenvalue weighted by molar-refractivity contribution is 5.70. The van der Waals surface area contributed by atoms with E-state index < -0.39 is 35.6 Å². The molecule has 1 aromatic carbocycles. The molecule has 10 heteroatoms. The topological polar surface area (TPSA) is 193 Å². The number of carboxylic acids is 1. The number of nitrogen functional groups attached to an aromatic ring is 1. The van der Waals surface area contributed by atoms with Crippen molar-refractivity contribution in [2.24, 2.45) is 29.6 Å². The average Bonchev–Trinajstić information content (AvgIpc) is 3.74. The fourth-order valence-corrected chi connectivity index (χ4v) is 9.08. The molecule has 0 saturated heterocycles. The van der Waals surface area contributed by atoms with Gasteiger partial charge in [-0.1, -0.05) is 69.7 Å². The summed E-state index contributed by atoms with van der Waals surface area (Å²) in [7, 11) is 0. The summed E-state index contributed by atoms with van der Waals surface area (Å²) in [5, 5.41) is 65.7. The van der Waals surface area contributed by atoms with Crippen LogP contribution in [0.5, 0.6) is 5.75 Å². The summed E-state index contributed by atoms with van der Waals surface area (Å²) in [6, 6.07) is 12.6. The zero-order valence-electron chi connectivity index (χ0n) is 31.9. The van der Waals surface area contributed by atoms with Crippen molar-refractivity contribution >= 4 is 11.8 Å². The maximum absolute atomic E-state index is 12.3. The molecule has 9 N–H and O–H groups in total. The van der Waals surface area contributed by atoms with Gasteiger partial charge in [0.05, 0.1) is 29.8 Å². The maximum Gasteiger partial charge on any atom is 0.309 e. The zero-order valence-corrected chi connectivity index (χ0v) is 31.9. The number of aromatic amines is 1. The SMILES string of the molecule is CCCCCC1C=CC(CCCCCC(C(=O)O)C(O)CCC2(O)CC(Cc3ccnc(N)c3)CC2C(O)c2cc(Cc3ccc(O)cc3)c[nH]2)C(O)C1. The van der Waals surface area contributed by atoms with Crippen LogP contribution in [0.4, 0.5) is 5.82 Å². The number of hydrogen-bond acceptors (Lipinski definition) is 8. The third-order valence-corrected chi connectivity index (χ3v) is 12.2. The largest absolute Gasteiger partial charge is 0.508 e. The number of nitrogens with zero attached hydrogens (tertiary/aromatic N) is 1. The van der Waals surface area contributed by atoms with Crippen molar-refractivity contribution in [1.29, 1.82) is 0 Å². The molecule has 2 aromatic heterocycles. The summed E-state index contributed by atoms with van der Waals surface area (Å²) in [5.74, 6) is -1.31. The number of aromatic hydroxyl groups is 1. The normalized spacial score (nSPS) is 25.8. The minimum absolute atomic E-state index is 0.0276. The van der Waals surface area contributed by atoms with Gasteiger partial charge in [0.15, 0.2) is 0 Å². The number of unbranched alkanes of at least 4 members (excludes halogenated alkanes) is 4. The number of aliphatic hydroxyl groups is 4. The molecule has 296 valence electrons. The van der Waals surface area contributed by atoms with Crippen LogP contribution in [0.15, 0.2) is 67.0 Å². The second kappa shape index (κ2) is 19.8. The Bertz CT molecular complexity index is 1630. The number of aromatic nitrogens is 2. The molecular weight excluding hydrogens is 682 g/mol. The number of aliphatic carboxylic acids is 1. The van der Waals surface area contributed by atoms with Gasteiger partial charge in [0.1, 0.15) is 11.6 Å². The summed E-state index contributed by atoms with van der Waals surface area (Å²) in [4.78, 5) is 19.7. The second-order valence-electron chi connectivity index (χ2n) is 16.4. The highest BCUT2D eigenvalue weighted by atomic mass is 16.4. The molecule has 5 rings (SSSR count). The summed E-state index contributed by atoms with van der Waals surface area (Å²) >= 11 is 0. The molecule has 1 saturated carbocycles. The number of anilines is 1. The highest BCUT2D eigenvalue weighted by Gasteiger charge is 2.49. The number of phenols is 1. The number of benzene rings is 1. The van der Waals surface area contributed by atoms with E-state index in [2.05, 4.69) is 29.0 Å². The van der Waals surface area contributed by atoms with Crippen LogP contribution < -0.4 is 5.73 Å². The zero-order chi connectivity index (χ0) is 38.7. The number of carboxylic acid groups (broad SMARTS) is 1.